The van der Waals surface area contributed by atoms with Gasteiger partial charge in [-0.1, -0.05) is 47.6 Å². The van der Waals surface area contributed by atoms with E-state index in [0.29, 0.717) is 26.8 Å². The van der Waals surface area contributed by atoms with Crippen molar-refractivity contribution in [3.63, 3.8) is 0 Å². The molecule has 0 saturated heterocycles. The van der Waals surface area contributed by atoms with Crippen LogP contribution < -0.4 is 11.0 Å². The number of hydrazone groups is 1. The summed E-state index contributed by atoms with van der Waals surface area (Å²) in [5, 5.41) is 5.49. The minimum Gasteiger partial charge on any atom is -0.272 e. The molecule has 1 amide bonds. The number of fused-ring (bicyclic) bond motifs is 1. The lowest BCUT2D eigenvalue weighted by molar-refractivity contribution is -0.118. The highest BCUT2D eigenvalue weighted by Crippen LogP contribution is 2.22. The Morgan fingerprint density at radius 1 is 1.09 bits per heavy atom. The monoisotopic (exact) mass is 494 g/mol. The normalized spacial score (nSPS) is 11.2. The first-order valence-corrected chi connectivity index (χ1v) is 12.5. The number of carbonyl (C=O) groups is 1. The molecule has 0 aliphatic rings. The summed E-state index contributed by atoms with van der Waals surface area (Å²) in [6.45, 7) is 0. The molecule has 0 aliphatic heterocycles. The molecule has 9 heteroatoms. The molecule has 4 aromatic rings. The van der Waals surface area contributed by atoms with Crippen LogP contribution in [-0.2, 0) is 4.79 Å². The van der Waals surface area contributed by atoms with Crippen molar-refractivity contribution in [3.05, 3.63) is 93.7 Å². The Kier molecular flexibility index (Phi) is 7.49. The summed E-state index contributed by atoms with van der Waals surface area (Å²) in [4.78, 5) is 31.3. The fourth-order valence-electron chi connectivity index (χ4n) is 3.06. The minimum atomic E-state index is -0.304. The molecule has 6 nitrogen and oxygen atoms in total. The van der Waals surface area contributed by atoms with Gasteiger partial charge < -0.3 is 0 Å². The van der Waals surface area contributed by atoms with Crippen LogP contribution in [0.25, 0.3) is 16.6 Å². The van der Waals surface area contributed by atoms with Crippen LogP contribution in [0.2, 0.25) is 5.02 Å². The first-order chi connectivity index (χ1) is 16.0. The maximum Gasteiger partial charge on any atom is 0.266 e. The van der Waals surface area contributed by atoms with Crippen LogP contribution in [0.3, 0.4) is 0 Å². The van der Waals surface area contributed by atoms with Crippen LogP contribution in [0.4, 0.5) is 0 Å². The van der Waals surface area contributed by atoms with Crippen molar-refractivity contribution in [1.82, 2.24) is 15.0 Å². The summed E-state index contributed by atoms with van der Waals surface area (Å²) < 4.78 is 1.49. The van der Waals surface area contributed by atoms with Gasteiger partial charge in [-0.05, 0) is 60.4 Å². The highest BCUT2D eigenvalue weighted by molar-refractivity contribution is 7.99. The number of benzene rings is 3. The zero-order valence-corrected chi connectivity index (χ0v) is 20.0. The van der Waals surface area contributed by atoms with Crippen LogP contribution in [0.15, 0.2) is 92.7 Å². The second-order valence-electron chi connectivity index (χ2n) is 6.88. The molecular weight excluding hydrogens is 476 g/mol. The van der Waals surface area contributed by atoms with E-state index in [1.54, 1.807) is 60.4 Å². The van der Waals surface area contributed by atoms with Gasteiger partial charge in [-0.3, -0.25) is 14.2 Å². The molecule has 0 atom stereocenters. The van der Waals surface area contributed by atoms with Gasteiger partial charge in [-0.25, -0.2) is 10.4 Å². The smallest absolute Gasteiger partial charge is 0.266 e. The Morgan fingerprint density at radius 2 is 1.82 bits per heavy atom. The number of para-hydroxylation sites is 1. The van der Waals surface area contributed by atoms with Crippen molar-refractivity contribution in [3.8, 4) is 5.69 Å². The van der Waals surface area contributed by atoms with Gasteiger partial charge in [-0.15, -0.1) is 11.8 Å². The standard InChI is InChI=1S/C24H19ClN4O2S2/c1-32-19-12-6-16(7-13-19)14-26-28-22(30)15-33-24-27-21-5-3-2-4-20(21)23(31)29(24)18-10-8-17(25)9-11-18/h2-14H,15H2,1H3,(H,28,30)/b26-14+. The second kappa shape index (κ2) is 10.7. The Bertz CT molecular complexity index is 1370. The van der Waals surface area contributed by atoms with Crippen LogP contribution in [0.1, 0.15) is 5.56 Å². The Balaban J connectivity index is 1.53. The molecule has 1 aromatic heterocycles. The lowest BCUT2D eigenvalue weighted by Crippen LogP contribution is -2.24. The average molecular weight is 495 g/mol. The van der Waals surface area contributed by atoms with Gasteiger partial charge in [-0.2, -0.15) is 5.10 Å². The van der Waals surface area contributed by atoms with Crippen molar-refractivity contribution >= 4 is 58.1 Å². The predicted molar refractivity (Wildman–Crippen MR) is 137 cm³/mol. The molecule has 0 radical (unpaired) electrons. The third-order valence-electron chi connectivity index (χ3n) is 4.68. The largest absolute Gasteiger partial charge is 0.272 e. The van der Waals surface area contributed by atoms with E-state index in [2.05, 4.69) is 15.5 Å². The zero-order chi connectivity index (χ0) is 23.2. The van der Waals surface area contributed by atoms with Crippen LogP contribution in [0, 0.1) is 0 Å². The topological polar surface area (TPSA) is 76.3 Å². The quantitative estimate of drug-likeness (QED) is 0.169. The SMILES string of the molecule is CSc1ccc(/C=N/NC(=O)CSc2nc3ccccc3c(=O)n2-c2ccc(Cl)cc2)cc1. The first kappa shape index (κ1) is 23.1. The summed E-state index contributed by atoms with van der Waals surface area (Å²) in [6, 6.07) is 21.9. The number of rotatable bonds is 7. The number of hydrogen-bond acceptors (Lipinski definition) is 6. The maximum atomic E-state index is 13.2. The van der Waals surface area contributed by atoms with E-state index in [4.69, 9.17) is 11.6 Å². The maximum absolute atomic E-state index is 13.2. The molecule has 0 aliphatic carbocycles. The second-order valence-corrected chi connectivity index (χ2v) is 9.14. The molecule has 1 heterocycles. The molecule has 33 heavy (non-hydrogen) atoms. The van der Waals surface area contributed by atoms with E-state index in [1.165, 1.54) is 4.57 Å². The fourth-order valence-corrected chi connectivity index (χ4v) is 4.40. The van der Waals surface area contributed by atoms with Gasteiger partial charge in [0.2, 0.25) is 0 Å². The van der Waals surface area contributed by atoms with Crippen molar-refractivity contribution in [2.75, 3.05) is 12.0 Å². The fraction of sp³-hybridized carbons (Fsp3) is 0.0833. The third-order valence-corrected chi connectivity index (χ3v) is 6.61. The number of aromatic nitrogens is 2. The average Bonchev–Trinajstić information content (AvgIpc) is 2.84. The first-order valence-electron chi connectivity index (χ1n) is 9.91. The summed E-state index contributed by atoms with van der Waals surface area (Å²) in [5.74, 6) is -0.261. The third kappa shape index (κ3) is 5.65. The van der Waals surface area contributed by atoms with Crippen LogP contribution >= 0.6 is 35.1 Å². The molecule has 0 saturated carbocycles. The Hall–Kier alpha value is -3.07. The molecule has 0 fully saturated rings. The van der Waals surface area contributed by atoms with Crippen LogP contribution in [-0.4, -0.2) is 33.7 Å². The van der Waals surface area contributed by atoms with E-state index >= 15 is 0 Å². The number of nitrogens with one attached hydrogen (secondary N) is 1. The molecule has 1 N–H and O–H groups in total. The lowest BCUT2D eigenvalue weighted by atomic mass is 10.2. The van der Waals surface area contributed by atoms with Gasteiger partial charge in [0.05, 0.1) is 28.6 Å². The molecule has 0 spiro atoms. The highest BCUT2D eigenvalue weighted by atomic mass is 35.5. The van der Waals surface area contributed by atoms with Gasteiger partial charge in [0.15, 0.2) is 5.16 Å². The Labute approximate surface area is 204 Å². The van der Waals surface area contributed by atoms with E-state index in [9.17, 15) is 9.59 Å². The summed E-state index contributed by atoms with van der Waals surface area (Å²) >= 11 is 8.83. The van der Waals surface area contributed by atoms with E-state index in [1.807, 2.05) is 36.6 Å². The van der Waals surface area contributed by atoms with E-state index in [-0.39, 0.29) is 17.2 Å². The number of amides is 1. The summed E-state index contributed by atoms with van der Waals surface area (Å²) in [6.07, 6.45) is 3.60. The van der Waals surface area contributed by atoms with Gasteiger partial charge in [0.25, 0.3) is 11.5 Å². The van der Waals surface area contributed by atoms with Crippen molar-refractivity contribution in [2.45, 2.75) is 10.1 Å². The van der Waals surface area contributed by atoms with Crippen molar-refractivity contribution in [1.29, 1.82) is 0 Å². The van der Waals surface area contributed by atoms with E-state index in [0.717, 1.165) is 22.2 Å². The number of halogens is 1. The number of nitrogens with zero attached hydrogens (tertiary/aromatic N) is 3. The molecule has 0 bridgehead atoms. The zero-order valence-electron chi connectivity index (χ0n) is 17.6. The minimum absolute atomic E-state index is 0.0428. The molecule has 4 rings (SSSR count). The number of carbonyl (C=O) groups excluding carboxylic acids is 1. The number of thioether (sulfide) groups is 2. The van der Waals surface area contributed by atoms with Crippen molar-refractivity contribution < 1.29 is 4.79 Å². The van der Waals surface area contributed by atoms with E-state index < -0.39 is 0 Å². The summed E-state index contributed by atoms with van der Waals surface area (Å²) in [5.41, 5.74) is 4.39. The highest BCUT2D eigenvalue weighted by Gasteiger charge is 2.14. The Morgan fingerprint density at radius 3 is 2.55 bits per heavy atom. The molecule has 3 aromatic carbocycles. The summed E-state index contributed by atoms with van der Waals surface area (Å²) in [7, 11) is 0. The van der Waals surface area contributed by atoms with Gasteiger partial charge in [0.1, 0.15) is 0 Å². The van der Waals surface area contributed by atoms with Gasteiger partial charge in [0, 0.05) is 9.92 Å². The molecular formula is C24H19ClN4O2S2. The van der Waals surface area contributed by atoms with Crippen molar-refractivity contribution in [2.24, 2.45) is 5.10 Å². The number of hydrogen-bond donors (Lipinski definition) is 1. The predicted octanol–water partition coefficient (Wildman–Crippen LogP) is 5.00. The van der Waals surface area contributed by atoms with Gasteiger partial charge >= 0.3 is 0 Å². The molecule has 166 valence electrons. The molecule has 0 unspecified atom stereocenters. The lowest BCUT2D eigenvalue weighted by Gasteiger charge is -2.13. The van der Waals surface area contributed by atoms with Crippen LogP contribution in [0.5, 0.6) is 0 Å².